The second-order valence-corrected chi connectivity index (χ2v) is 5.61. The van der Waals surface area contributed by atoms with Gasteiger partial charge < -0.3 is 15.2 Å². The van der Waals surface area contributed by atoms with Crippen molar-refractivity contribution in [1.82, 2.24) is 10.2 Å². The second-order valence-electron chi connectivity index (χ2n) is 5.61. The summed E-state index contributed by atoms with van der Waals surface area (Å²) < 4.78 is 5.02. The fourth-order valence-corrected chi connectivity index (χ4v) is 2.65. The van der Waals surface area contributed by atoms with Crippen LogP contribution in [0.4, 0.5) is 0 Å². The fraction of sp³-hybridized carbons (Fsp3) is 0.929. The molecule has 1 saturated heterocycles. The molecule has 19 heavy (non-hydrogen) atoms. The molecule has 0 aliphatic carbocycles. The molecular weight excluding hydrogens is 244 g/mol. The number of nitrogens with one attached hydrogen (secondary N) is 1. The molecule has 2 unspecified atom stereocenters. The summed E-state index contributed by atoms with van der Waals surface area (Å²) in [6.45, 7) is 9.65. The summed E-state index contributed by atoms with van der Waals surface area (Å²) in [5.74, 6) is 1.04. The first-order chi connectivity index (χ1) is 9.06. The average Bonchev–Trinajstić information content (AvgIpc) is 2.36. The van der Waals surface area contributed by atoms with Gasteiger partial charge in [-0.3, -0.25) is 9.69 Å². The van der Waals surface area contributed by atoms with Crippen molar-refractivity contribution in [2.45, 2.75) is 33.2 Å². The van der Waals surface area contributed by atoms with E-state index in [-0.39, 0.29) is 12.6 Å². The molecule has 0 saturated carbocycles. The number of ether oxygens (including phenoxy) is 1. The van der Waals surface area contributed by atoms with Gasteiger partial charge >= 0.3 is 5.97 Å². The Hall–Kier alpha value is -0.650. The highest BCUT2D eigenvalue weighted by Gasteiger charge is 2.29. The smallest absolute Gasteiger partial charge is 0.320 e. The van der Waals surface area contributed by atoms with Gasteiger partial charge in [0.2, 0.25) is 0 Å². The van der Waals surface area contributed by atoms with Crippen LogP contribution < -0.4 is 5.32 Å². The van der Waals surface area contributed by atoms with Gasteiger partial charge in [-0.25, -0.2) is 0 Å². The molecule has 0 bridgehead atoms. The molecule has 2 N–H and O–H groups in total. The highest BCUT2D eigenvalue weighted by atomic mass is 16.5. The standard InChI is InChI=1S/C14H28N2O3/c1-4-19-14(18)10-16-8-12(11(2)3)7-13(9-16)15-5-6-17/h11-13,15,17H,4-10H2,1-3H3. The van der Waals surface area contributed by atoms with E-state index >= 15 is 0 Å². The lowest BCUT2D eigenvalue weighted by molar-refractivity contribution is -0.145. The van der Waals surface area contributed by atoms with Gasteiger partial charge in [0.25, 0.3) is 0 Å². The minimum absolute atomic E-state index is 0.146. The van der Waals surface area contributed by atoms with Crippen LogP contribution in [0.1, 0.15) is 27.2 Å². The number of esters is 1. The van der Waals surface area contributed by atoms with Crippen LogP contribution in [0.15, 0.2) is 0 Å². The van der Waals surface area contributed by atoms with Crippen LogP contribution in [0.3, 0.4) is 0 Å². The van der Waals surface area contributed by atoms with E-state index in [2.05, 4.69) is 24.1 Å². The van der Waals surface area contributed by atoms with Crippen molar-refractivity contribution in [3.63, 3.8) is 0 Å². The molecule has 1 aliphatic rings. The highest BCUT2D eigenvalue weighted by Crippen LogP contribution is 2.23. The lowest BCUT2D eigenvalue weighted by Crippen LogP contribution is -2.52. The summed E-state index contributed by atoms with van der Waals surface area (Å²) in [6.07, 6.45) is 1.11. The van der Waals surface area contributed by atoms with Crippen molar-refractivity contribution < 1.29 is 14.6 Å². The summed E-state index contributed by atoms with van der Waals surface area (Å²) in [6, 6.07) is 0.350. The maximum absolute atomic E-state index is 11.6. The van der Waals surface area contributed by atoms with Crippen LogP contribution in [-0.2, 0) is 9.53 Å². The first-order valence-electron chi connectivity index (χ1n) is 7.29. The van der Waals surface area contributed by atoms with E-state index in [0.717, 1.165) is 19.5 Å². The van der Waals surface area contributed by atoms with Gasteiger partial charge in [0.05, 0.1) is 19.8 Å². The number of carbonyl (C=O) groups is 1. The van der Waals surface area contributed by atoms with Crippen molar-refractivity contribution in [2.75, 3.05) is 39.4 Å². The maximum atomic E-state index is 11.6. The molecule has 5 heteroatoms. The summed E-state index contributed by atoms with van der Waals surface area (Å²) in [4.78, 5) is 13.8. The summed E-state index contributed by atoms with van der Waals surface area (Å²) in [7, 11) is 0. The molecule has 112 valence electrons. The number of hydrogen-bond donors (Lipinski definition) is 2. The van der Waals surface area contributed by atoms with E-state index in [1.54, 1.807) is 0 Å². The number of rotatable bonds is 7. The maximum Gasteiger partial charge on any atom is 0.320 e. The Bertz CT molecular complexity index is 271. The van der Waals surface area contributed by atoms with Crippen LogP contribution >= 0.6 is 0 Å². The van der Waals surface area contributed by atoms with Gasteiger partial charge in [0.1, 0.15) is 0 Å². The molecular formula is C14H28N2O3. The van der Waals surface area contributed by atoms with Gasteiger partial charge in [0, 0.05) is 25.7 Å². The molecule has 1 fully saturated rings. The number of nitrogens with zero attached hydrogens (tertiary/aromatic N) is 1. The minimum atomic E-state index is -0.146. The Morgan fingerprint density at radius 2 is 2.21 bits per heavy atom. The van der Waals surface area contributed by atoms with E-state index < -0.39 is 0 Å². The highest BCUT2D eigenvalue weighted by molar-refractivity contribution is 5.71. The van der Waals surface area contributed by atoms with E-state index in [4.69, 9.17) is 9.84 Å². The number of likely N-dealkylation sites (tertiary alicyclic amines) is 1. The van der Waals surface area contributed by atoms with Gasteiger partial charge in [-0.05, 0) is 25.2 Å². The molecule has 0 amide bonds. The third kappa shape index (κ3) is 5.89. The largest absolute Gasteiger partial charge is 0.465 e. The molecule has 0 aromatic rings. The topological polar surface area (TPSA) is 61.8 Å². The Kier molecular flexibility index (Phi) is 7.34. The van der Waals surface area contributed by atoms with E-state index in [1.807, 2.05) is 6.92 Å². The first kappa shape index (κ1) is 16.4. The molecule has 5 nitrogen and oxygen atoms in total. The fourth-order valence-electron chi connectivity index (χ4n) is 2.65. The molecule has 0 spiro atoms. The number of aliphatic hydroxyl groups excluding tert-OH is 1. The third-order valence-electron chi connectivity index (χ3n) is 3.70. The van der Waals surface area contributed by atoms with Crippen molar-refractivity contribution in [3.8, 4) is 0 Å². The van der Waals surface area contributed by atoms with E-state index in [0.29, 0.717) is 37.6 Å². The molecule has 0 aromatic heterocycles. The predicted octanol–water partition coefficient (Wildman–Crippen LogP) is 0.478. The monoisotopic (exact) mass is 272 g/mol. The number of hydrogen-bond acceptors (Lipinski definition) is 5. The second kappa shape index (κ2) is 8.51. The zero-order chi connectivity index (χ0) is 14.3. The van der Waals surface area contributed by atoms with Crippen LogP contribution in [-0.4, -0.2) is 61.4 Å². The quantitative estimate of drug-likeness (QED) is 0.660. The Morgan fingerprint density at radius 1 is 1.47 bits per heavy atom. The summed E-state index contributed by atoms with van der Waals surface area (Å²) in [5, 5.41) is 12.3. The van der Waals surface area contributed by atoms with Gasteiger partial charge in [-0.1, -0.05) is 13.8 Å². The van der Waals surface area contributed by atoms with Crippen LogP contribution in [0.25, 0.3) is 0 Å². The predicted molar refractivity (Wildman–Crippen MR) is 74.9 cm³/mol. The van der Waals surface area contributed by atoms with Crippen molar-refractivity contribution >= 4 is 5.97 Å². The van der Waals surface area contributed by atoms with Crippen LogP contribution in [0.2, 0.25) is 0 Å². The van der Waals surface area contributed by atoms with Crippen molar-refractivity contribution in [2.24, 2.45) is 11.8 Å². The number of carbonyl (C=O) groups excluding carboxylic acids is 1. The van der Waals surface area contributed by atoms with E-state index in [9.17, 15) is 4.79 Å². The van der Waals surface area contributed by atoms with Gasteiger partial charge in [-0.2, -0.15) is 0 Å². The SMILES string of the molecule is CCOC(=O)CN1CC(NCCO)CC(C(C)C)C1. The van der Waals surface area contributed by atoms with Crippen LogP contribution in [0, 0.1) is 11.8 Å². The van der Waals surface area contributed by atoms with Gasteiger partial charge in [-0.15, -0.1) is 0 Å². The third-order valence-corrected chi connectivity index (χ3v) is 3.70. The Morgan fingerprint density at radius 3 is 2.79 bits per heavy atom. The summed E-state index contributed by atoms with van der Waals surface area (Å²) >= 11 is 0. The summed E-state index contributed by atoms with van der Waals surface area (Å²) in [5.41, 5.74) is 0. The molecule has 2 atom stereocenters. The zero-order valence-electron chi connectivity index (χ0n) is 12.4. The molecule has 0 radical (unpaired) electrons. The molecule has 1 rings (SSSR count). The van der Waals surface area contributed by atoms with Crippen LogP contribution in [0.5, 0.6) is 0 Å². The Labute approximate surface area is 116 Å². The van der Waals surface area contributed by atoms with Crippen molar-refractivity contribution in [3.05, 3.63) is 0 Å². The average molecular weight is 272 g/mol. The van der Waals surface area contributed by atoms with E-state index in [1.165, 1.54) is 0 Å². The molecule has 0 aromatic carbocycles. The minimum Gasteiger partial charge on any atom is -0.465 e. The van der Waals surface area contributed by atoms with Gasteiger partial charge in [0.15, 0.2) is 0 Å². The molecule has 1 heterocycles. The lowest BCUT2D eigenvalue weighted by atomic mass is 9.85. The number of piperidine rings is 1. The van der Waals surface area contributed by atoms with Crippen molar-refractivity contribution in [1.29, 1.82) is 0 Å². The normalized spacial score (nSPS) is 24.7. The Balaban J connectivity index is 2.51. The zero-order valence-corrected chi connectivity index (χ0v) is 12.4. The lowest BCUT2D eigenvalue weighted by Gasteiger charge is -2.39. The first-order valence-corrected chi connectivity index (χ1v) is 7.29. The molecule has 1 aliphatic heterocycles. The number of aliphatic hydroxyl groups is 1.